The Morgan fingerprint density at radius 1 is 0.571 bits per heavy atom. The zero-order chi connectivity index (χ0) is 16.4. The first-order chi connectivity index (χ1) is 9.77. The fourth-order valence-corrected chi connectivity index (χ4v) is 5.36. The van der Waals surface area contributed by atoms with E-state index in [1.165, 1.54) is 36.4 Å². The predicted molar refractivity (Wildman–Crippen MR) is 98.6 cm³/mol. The average Bonchev–Trinajstić information content (AvgIpc) is 2.34. The second kappa shape index (κ2) is 12.0. The van der Waals surface area contributed by atoms with Gasteiger partial charge in [0.1, 0.15) is 0 Å². The molecule has 0 N–H and O–H groups in total. The molecule has 0 fully saturated rings. The molecule has 0 aliphatic carbocycles. The van der Waals surface area contributed by atoms with E-state index in [1.807, 2.05) is 0 Å². The molecule has 0 aliphatic rings. The summed E-state index contributed by atoms with van der Waals surface area (Å²) in [5.41, 5.74) is 0. The van der Waals surface area contributed by atoms with Crippen LogP contribution in [0.15, 0.2) is 0 Å². The van der Waals surface area contributed by atoms with Gasteiger partial charge in [-0.25, -0.2) is 0 Å². The molecule has 0 aliphatic heterocycles. The van der Waals surface area contributed by atoms with Crippen molar-refractivity contribution in [1.82, 2.24) is 9.80 Å². The molecule has 0 rings (SSSR count). The summed E-state index contributed by atoms with van der Waals surface area (Å²) in [6.45, 7) is 21.2. The third-order valence-corrected chi connectivity index (χ3v) is 7.16. The molecule has 0 saturated carbocycles. The maximum absolute atomic E-state index is 2.63. The molecule has 0 atom stereocenters. The van der Waals surface area contributed by atoms with Crippen molar-refractivity contribution in [2.75, 3.05) is 13.1 Å². The van der Waals surface area contributed by atoms with Gasteiger partial charge in [0.2, 0.25) is 0 Å². The van der Waals surface area contributed by atoms with Gasteiger partial charge in [-0.3, -0.25) is 0 Å². The first-order valence-corrected chi connectivity index (χ1v) is 12.0. The zero-order valence-corrected chi connectivity index (χ0v) is 18.0. The third kappa shape index (κ3) is 9.96. The Labute approximate surface area is 141 Å². The average molecular weight is 357 g/mol. The van der Waals surface area contributed by atoms with E-state index in [1.54, 1.807) is 0 Å². The second-order valence-electron chi connectivity index (χ2n) is 7.31. The predicted octanol–water partition coefficient (Wildman–Crippen LogP) is 4.55. The van der Waals surface area contributed by atoms with Gasteiger partial charge in [-0.05, 0) is 0 Å². The van der Waals surface area contributed by atoms with E-state index in [0.717, 1.165) is 0 Å². The second-order valence-corrected chi connectivity index (χ2v) is 10.5. The van der Waals surface area contributed by atoms with Crippen molar-refractivity contribution in [3.05, 3.63) is 0 Å². The summed E-state index contributed by atoms with van der Waals surface area (Å²) in [5, 5.41) is 3.03. The van der Waals surface area contributed by atoms with Crippen molar-refractivity contribution in [3.63, 3.8) is 0 Å². The quantitative estimate of drug-likeness (QED) is 0.374. The standard InChI is InChI=1S/C18H40GeN2/c1-15(2)20(16(3)4)13-9-11-19-12-10-14-21(17(5)6)18(7)8/h15-18H,9-14H2,1-8H3. The Morgan fingerprint density at radius 2 is 0.857 bits per heavy atom. The molecule has 0 aromatic carbocycles. The summed E-state index contributed by atoms with van der Waals surface area (Å²) < 4.78 is 0. The summed E-state index contributed by atoms with van der Waals surface area (Å²) in [5.74, 6) is 0. The van der Waals surface area contributed by atoms with Gasteiger partial charge < -0.3 is 0 Å². The molecule has 3 heteroatoms. The van der Waals surface area contributed by atoms with Crippen LogP contribution in [0.25, 0.3) is 0 Å². The van der Waals surface area contributed by atoms with E-state index in [-0.39, 0.29) is 0 Å². The maximum atomic E-state index is 2.63. The molecule has 21 heavy (non-hydrogen) atoms. The van der Waals surface area contributed by atoms with Crippen LogP contribution in [-0.4, -0.2) is 62.5 Å². The van der Waals surface area contributed by atoms with E-state index >= 15 is 0 Å². The van der Waals surface area contributed by atoms with Crippen LogP contribution in [0, 0.1) is 0 Å². The van der Waals surface area contributed by atoms with Crippen molar-refractivity contribution < 1.29 is 0 Å². The molecule has 0 amide bonds. The molecule has 2 nitrogen and oxygen atoms in total. The minimum absolute atomic E-state index is 0.296. The summed E-state index contributed by atoms with van der Waals surface area (Å²) in [7, 11) is 0. The molecule has 0 aromatic rings. The molecule has 0 saturated heterocycles. The van der Waals surface area contributed by atoms with Crippen molar-refractivity contribution in [3.8, 4) is 0 Å². The van der Waals surface area contributed by atoms with Crippen LogP contribution in [0.2, 0.25) is 10.5 Å². The van der Waals surface area contributed by atoms with Gasteiger partial charge in [-0.15, -0.1) is 0 Å². The monoisotopic (exact) mass is 358 g/mol. The Hall–Kier alpha value is 0.463. The summed E-state index contributed by atoms with van der Waals surface area (Å²) >= 11 is 0.296. The van der Waals surface area contributed by atoms with Crippen LogP contribution < -0.4 is 0 Å². The van der Waals surface area contributed by atoms with Crippen LogP contribution in [0.4, 0.5) is 0 Å². The molecule has 2 radical (unpaired) electrons. The number of rotatable bonds is 12. The van der Waals surface area contributed by atoms with E-state index in [0.29, 0.717) is 39.6 Å². The molecule has 0 unspecified atom stereocenters. The molecular formula is C18H40GeN2. The SMILES string of the molecule is CC(C)N(CC[CH2][Ge][CH2]CCN(C(C)C)C(C)C)C(C)C. The fourth-order valence-electron chi connectivity index (χ4n) is 3.12. The number of nitrogens with zero attached hydrogens (tertiary/aromatic N) is 2. The van der Waals surface area contributed by atoms with Crippen molar-refractivity contribution in [2.45, 2.75) is 103 Å². The van der Waals surface area contributed by atoms with Crippen LogP contribution in [-0.2, 0) is 0 Å². The van der Waals surface area contributed by atoms with Crippen LogP contribution in [0.3, 0.4) is 0 Å². The molecule has 0 aromatic heterocycles. The Balaban J connectivity index is 3.68. The third-order valence-electron chi connectivity index (χ3n) is 4.19. The molecule has 0 spiro atoms. The first kappa shape index (κ1) is 21.5. The zero-order valence-electron chi connectivity index (χ0n) is 15.9. The van der Waals surface area contributed by atoms with Crippen molar-refractivity contribution >= 4 is 15.4 Å². The van der Waals surface area contributed by atoms with Gasteiger partial charge in [0.15, 0.2) is 0 Å². The number of hydrogen-bond donors (Lipinski definition) is 0. The number of hydrogen-bond acceptors (Lipinski definition) is 2. The molecule has 0 heterocycles. The van der Waals surface area contributed by atoms with Gasteiger partial charge in [0.05, 0.1) is 0 Å². The van der Waals surface area contributed by atoms with Gasteiger partial charge in [0, 0.05) is 0 Å². The van der Waals surface area contributed by atoms with E-state index in [9.17, 15) is 0 Å². The summed E-state index contributed by atoms with van der Waals surface area (Å²) in [6.07, 6.45) is 2.82. The minimum atomic E-state index is 0.296. The van der Waals surface area contributed by atoms with Crippen LogP contribution in [0.1, 0.15) is 68.2 Å². The fraction of sp³-hybridized carbons (Fsp3) is 1.00. The Morgan fingerprint density at radius 3 is 1.10 bits per heavy atom. The van der Waals surface area contributed by atoms with E-state index in [4.69, 9.17) is 0 Å². The first-order valence-electron chi connectivity index (χ1n) is 8.99. The van der Waals surface area contributed by atoms with E-state index < -0.39 is 0 Å². The van der Waals surface area contributed by atoms with E-state index in [2.05, 4.69) is 65.2 Å². The molecule has 0 bridgehead atoms. The summed E-state index contributed by atoms with van der Waals surface area (Å²) in [4.78, 5) is 5.26. The van der Waals surface area contributed by atoms with Crippen molar-refractivity contribution in [2.24, 2.45) is 0 Å². The van der Waals surface area contributed by atoms with Crippen LogP contribution >= 0.6 is 0 Å². The molecular weight excluding hydrogens is 317 g/mol. The topological polar surface area (TPSA) is 6.48 Å². The van der Waals surface area contributed by atoms with Crippen molar-refractivity contribution in [1.29, 1.82) is 0 Å². The summed E-state index contributed by atoms with van der Waals surface area (Å²) in [6, 6.07) is 2.76. The Kier molecular flexibility index (Phi) is 12.2. The van der Waals surface area contributed by atoms with Gasteiger partial charge in [-0.2, -0.15) is 0 Å². The van der Waals surface area contributed by atoms with Gasteiger partial charge in [-0.1, -0.05) is 0 Å². The molecule has 126 valence electrons. The normalized spacial score (nSPS) is 12.9. The van der Waals surface area contributed by atoms with Gasteiger partial charge in [0.25, 0.3) is 0 Å². The van der Waals surface area contributed by atoms with Crippen LogP contribution in [0.5, 0.6) is 0 Å². The van der Waals surface area contributed by atoms with Gasteiger partial charge >= 0.3 is 141 Å². The Bertz CT molecular complexity index is 199.